The number of ether oxygens (including phenoxy) is 1. The van der Waals surface area contributed by atoms with Crippen molar-refractivity contribution in [1.29, 1.82) is 0 Å². The lowest BCUT2D eigenvalue weighted by Gasteiger charge is -2.31. The molecule has 1 amide bonds. The topological polar surface area (TPSA) is 54.5 Å². The van der Waals surface area contributed by atoms with Crippen molar-refractivity contribution in [2.75, 3.05) is 30.4 Å². The molecule has 4 rings (SSSR count). The highest BCUT2D eigenvalue weighted by Crippen LogP contribution is 2.32. The molecule has 1 aliphatic heterocycles. The van der Waals surface area contributed by atoms with Crippen LogP contribution in [0.5, 0.6) is 5.75 Å². The standard InChI is InChI=1S/C20H21N3O2S/c1-25-17-10-4-2-8-15(17)21-19(24)14-7-6-12-23(13-14)20-22-16-9-3-5-11-18(16)26-20/h2-5,8-11,14H,6-7,12-13H2,1H3,(H,21,24). The first kappa shape index (κ1) is 16.8. The van der Waals surface area contributed by atoms with E-state index in [1.807, 2.05) is 42.5 Å². The Hall–Kier alpha value is -2.60. The molecule has 0 bridgehead atoms. The number of para-hydroxylation sites is 3. The number of carbonyl (C=O) groups excluding carboxylic acids is 1. The third-order valence-corrected chi connectivity index (χ3v) is 5.81. The molecule has 0 radical (unpaired) electrons. The van der Waals surface area contributed by atoms with Gasteiger partial charge in [0.05, 0.1) is 28.9 Å². The third-order valence-electron chi connectivity index (χ3n) is 4.71. The van der Waals surface area contributed by atoms with Crippen LogP contribution in [-0.2, 0) is 4.79 Å². The van der Waals surface area contributed by atoms with E-state index in [0.717, 1.165) is 35.7 Å². The third kappa shape index (κ3) is 3.37. The van der Waals surface area contributed by atoms with E-state index in [1.54, 1.807) is 18.4 Å². The Labute approximate surface area is 156 Å². The first-order valence-corrected chi connectivity index (χ1v) is 9.60. The summed E-state index contributed by atoms with van der Waals surface area (Å²) in [6, 6.07) is 15.7. The number of amides is 1. The Morgan fingerprint density at radius 1 is 1.23 bits per heavy atom. The maximum atomic E-state index is 12.8. The van der Waals surface area contributed by atoms with Gasteiger partial charge in [-0.3, -0.25) is 4.79 Å². The Morgan fingerprint density at radius 2 is 2.04 bits per heavy atom. The average molecular weight is 367 g/mol. The van der Waals surface area contributed by atoms with Gasteiger partial charge in [0.25, 0.3) is 0 Å². The van der Waals surface area contributed by atoms with E-state index in [2.05, 4.69) is 16.3 Å². The minimum atomic E-state index is -0.0549. The number of hydrogen-bond acceptors (Lipinski definition) is 5. The van der Waals surface area contributed by atoms with Crippen LogP contribution in [0.2, 0.25) is 0 Å². The molecule has 0 spiro atoms. The highest BCUT2D eigenvalue weighted by atomic mass is 32.1. The van der Waals surface area contributed by atoms with Crippen molar-refractivity contribution in [3.05, 3.63) is 48.5 Å². The normalized spacial score (nSPS) is 17.3. The van der Waals surface area contributed by atoms with Crippen molar-refractivity contribution in [1.82, 2.24) is 4.98 Å². The molecule has 1 N–H and O–H groups in total. The fraction of sp³-hybridized carbons (Fsp3) is 0.300. The second kappa shape index (κ2) is 7.33. The predicted molar refractivity (Wildman–Crippen MR) is 106 cm³/mol. The monoisotopic (exact) mass is 367 g/mol. The lowest BCUT2D eigenvalue weighted by atomic mass is 9.97. The molecule has 0 saturated carbocycles. The number of thiazole rings is 1. The average Bonchev–Trinajstić information content (AvgIpc) is 3.13. The second-order valence-corrected chi connectivity index (χ2v) is 7.45. The van der Waals surface area contributed by atoms with Crippen molar-refractivity contribution in [2.45, 2.75) is 12.8 Å². The van der Waals surface area contributed by atoms with E-state index in [1.165, 1.54) is 4.70 Å². The molecular weight excluding hydrogens is 346 g/mol. The Morgan fingerprint density at radius 3 is 2.88 bits per heavy atom. The number of carbonyl (C=O) groups is 1. The SMILES string of the molecule is COc1ccccc1NC(=O)C1CCCN(c2nc3ccccc3s2)C1. The van der Waals surface area contributed by atoms with Crippen LogP contribution in [0.25, 0.3) is 10.2 Å². The van der Waals surface area contributed by atoms with Crippen LogP contribution in [0.1, 0.15) is 12.8 Å². The fourth-order valence-corrected chi connectivity index (χ4v) is 4.34. The van der Waals surface area contributed by atoms with Gasteiger partial charge in [0, 0.05) is 13.1 Å². The van der Waals surface area contributed by atoms with Gasteiger partial charge >= 0.3 is 0 Å². The van der Waals surface area contributed by atoms with Crippen molar-refractivity contribution in [2.24, 2.45) is 5.92 Å². The van der Waals surface area contributed by atoms with Crippen LogP contribution in [0.3, 0.4) is 0 Å². The van der Waals surface area contributed by atoms with E-state index in [-0.39, 0.29) is 11.8 Å². The van der Waals surface area contributed by atoms with Crippen molar-refractivity contribution >= 4 is 38.3 Å². The molecule has 0 aliphatic carbocycles. The number of hydrogen-bond donors (Lipinski definition) is 1. The summed E-state index contributed by atoms with van der Waals surface area (Å²) in [6.07, 6.45) is 1.88. The maximum Gasteiger partial charge on any atom is 0.229 e. The molecule has 1 aromatic heterocycles. The summed E-state index contributed by atoms with van der Waals surface area (Å²) in [4.78, 5) is 19.7. The minimum absolute atomic E-state index is 0.0420. The quantitative estimate of drug-likeness (QED) is 0.752. The smallest absolute Gasteiger partial charge is 0.229 e. The van der Waals surface area contributed by atoms with Crippen LogP contribution in [0.4, 0.5) is 10.8 Å². The van der Waals surface area contributed by atoms with E-state index in [9.17, 15) is 4.79 Å². The lowest BCUT2D eigenvalue weighted by Crippen LogP contribution is -2.40. The van der Waals surface area contributed by atoms with E-state index >= 15 is 0 Å². The molecule has 6 heteroatoms. The number of rotatable bonds is 4. The van der Waals surface area contributed by atoms with Crippen LogP contribution < -0.4 is 15.0 Å². The van der Waals surface area contributed by atoms with E-state index < -0.39 is 0 Å². The van der Waals surface area contributed by atoms with Gasteiger partial charge in [0.15, 0.2) is 5.13 Å². The number of nitrogens with zero attached hydrogens (tertiary/aromatic N) is 2. The zero-order valence-corrected chi connectivity index (χ0v) is 15.5. The predicted octanol–water partition coefficient (Wildman–Crippen LogP) is 4.16. The van der Waals surface area contributed by atoms with Crippen molar-refractivity contribution in [3.63, 3.8) is 0 Å². The molecule has 26 heavy (non-hydrogen) atoms. The van der Waals surface area contributed by atoms with Gasteiger partial charge in [-0.15, -0.1) is 0 Å². The number of piperidine rings is 1. The fourth-order valence-electron chi connectivity index (χ4n) is 3.34. The minimum Gasteiger partial charge on any atom is -0.495 e. The molecule has 1 unspecified atom stereocenters. The Bertz CT molecular complexity index is 891. The zero-order valence-electron chi connectivity index (χ0n) is 14.6. The summed E-state index contributed by atoms with van der Waals surface area (Å²) in [7, 11) is 1.61. The van der Waals surface area contributed by atoms with Crippen LogP contribution in [-0.4, -0.2) is 31.1 Å². The molecule has 1 aliphatic rings. The first-order chi connectivity index (χ1) is 12.7. The summed E-state index contributed by atoms with van der Waals surface area (Å²) in [5, 5.41) is 4.02. The van der Waals surface area contributed by atoms with Crippen molar-refractivity contribution in [3.8, 4) is 5.75 Å². The molecule has 134 valence electrons. The van der Waals surface area contributed by atoms with Gasteiger partial charge < -0.3 is 15.0 Å². The van der Waals surface area contributed by atoms with Crippen LogP contribution >= 0.6 is 11.3 Å². The molecule has 1 atom stereocenters. The number of fused-ring (bicyclic) bond motifs is 1. The summed E-state index contributed by atoms with van der Waals surface area (Å²) in [5.74, 6) is 0.667. The zero-order chi connectivity index (χ0) is 17.9. The van der Waals surface area contributed by atoms with Crippen molar-refractivity contribution < 1.29 is 9.53 Å². The molecule has 5 nitrogen and oxygen atoms in total. The lowest BCUT2D eigenvalue weighted by molar-refractivity contribution is -0.120. The number of aromatic nitrogens is 1. The van der Waals surface area contributed by atoms with Gasteiger partial charge in [0.2, 0.25) is 5.91 Å². The van der Waals surface area contributed by atoms with Gasteiger partial charge in [-0.05, 0) is 37.1 Å². The van der Waals surface area contributed by atoms with Gasteiger partial charge in [-0.25, -0.2) is 4.98 Å². The van der Waals surface area contributed by atoms with E-state index in [0.29, 0.717) is 12.3 Å². The van der Waals surface area contributed by atoms with Gasteiger partial charge in [-0.1, -0.05) is 35.6 Å². The summed E-state index contributed by atoms with van der Waals surface area (Å²) in [5.41, 5.74) is 1.74. The molecule has 3 aromatic rings. The van der Waals surface area contributed by atoms with Gasteiger partial charge in [0.1, 0.15) is 5.75 Å². The number of anilines is 2. The molecule has 1 fully saturated rings. The largest absolute Gasteiger partial charge is 0.495 e. The van der Waals surface area contributed by atoms with Crippen LogP contribution in [0, 0.1) is 5.92 Å². The number of benzene rings is 2. The van der Waals surface area contributed by atoms with Gasteiger partial charge in [-0.2, -0.15) is 0 Å². The molecule has 1 saturated heterocycles. The highest BCUT2D eigenvalue weighted by molar-refractivity contribution is 7.22. The summed E-state index contributed by atoms with van der Waals surface area (Å²) < 4.78 is 6.51. The highest BCUT2D eigenvalue weighted by Gasteiger charge is 2.28. The first-order valence-electron chi connectivity index (χ1n) is 8.79. The van der Waals surface area contributed by atoms with E-state index in [4.69, 9.17) is 9.72 Å². The molecule has 2 aromatic carbocycles. The number of nitrogens with one attached hydrogen (secondary N) is 1. The Kier molecular flexibility index (Phi) is 4.75. The number of methoxy groups -OCH3 is 1. The van der Waals surface area contributed by atoms with Crippen LogP contribution in [0.15, 0.2) is 48.5 Å². The molecular formula is C20H21N3O2S. The second-order valence-electron chi connectivity index (χ2n) is 6.44. The summed E-state index contributed by atoms with van der Waals surface area (Å²) in [6.45, 7) is 1.64. The summed E-state index contributed by atoms with van der Waals surface area (Å²) >= 11 is 1.69. The Balaban J connectivity index is 1.48. The molecule has 2 heterocycles. The maximum absolute atomic E-state index is 12.8.